The number of ether oxygens (including phenoxy) is 2. The third kappa shape index (κ3) is 5.12. The Kier molecular flexibility index (Phi) is 7.33. The van der Waals surface area contributed by atoms with E-state index in [0.29, 0.717) is 18.1 Å². The Bertz CT molecular complexity index is 845. The van der Waals surface area contributed by atoms with Crippen molar-refractivity contribution in [2.75, 3.05) is 33.9 Å². The molecule has 2 aromatic rings. The van der Waals surface area contributed by atoms with Crippen LogP contribution in [-0.4, -0.2) is 59.3 Å². The van der Waals surface area contributed by atoms with Gasteiger partial charge >= 0.3 is 0 Å². The summed E-state index contributed by atoms with van der Waals surface area (Å²) in [5, 5.41) is 13.7. The largest absolute Gasteiger partial charge is 0.497 e. The lowest BCUT2D eigenvalue weighted by Gasteiger charge is -2.33. The quantitative estimate of drug-likeness (QED) is 0.685. The SMILES string of the molecule is COc1ccc(OC)c([C@H](C)NC(=O)CN2CCC([C@@H](O)c3nccn3C)CC2)c1. The lowest BCUT2D eigenvalue weighted by Crippen LogP contribution is -2.43. The molecule has 2 atom stereocenters. The first kappa shape index (κ1) is 22.1. The summed E-state index contributed by atoms with van der Waals surface area (Å²) in [6, 6.07) is 5.36. The molecule has 1 saturated heterocycles. The summed E-state index contributed by atoms with van der Waals surface area (Å²) in [6.45, 7) is 3.82. The predicted octanol–water partition coefficient (Wildman–Crippen LogP) is 2.06. The molecule has 1 aliphatic heterocycles. The number of hydrogen-bond donors (Lipinski definition) is 2. The number of methoxy groups -OCH3 is 2. The summed E-state index contributed by atoms with van der Waals surface area (Å²) in [6.07, 6.45) is 4.65. The summed E-state index contributed by atoms with van der Waals surface area (Å²) in [5.74, 6) is 2.26. The summed E-state index contributed by atoms with van der Waals surface area (Å²) in [7, 11) is 5.12. The Morgan fingerprint density at radius 2 is 2.03 bits per heavy atom. The van der Waals surface area contributed by atoms with E-state index in [2.05, 4.69) is 15.2 Å². The molecule has 0 saturated carbocycles. The first-order chi connectivity index (χ1) is 14.4. The topological polar surface area (TPSA) is 88.8 Å². The van der Waals surface area contributed by atoms with Crippen molar-refractivity contribution in [1.29, 1.82) is 0 Å². The van der Waals surface area contributed by atoms with E-state index >= 15 is 0 Å². The molecule has 1 aliphatic rings. The molecule has 0 bridgehead atoms. The van der Waals surface area contributed by atoms with Crippen molar-refractivity contribution in [3.05, 3.63) is 42.0 Å². The monoisotopic (exact) mass is 416 g/mol. The van der Waals surface area contributed by atoms with Crippen molar-refractivity contribution in [3.8, 4) is 11.5 Å². The smallest absolute Gasteiger partial charge is 0.234 e. The van der Waals surface area contributed by atoms with E-state index in [1.165, 1.54) is 0 Å². The number of benzene rings is 1. The highest BCUT2D eigenvalue weighted by atomic mass is 16.5. The molecule has 3 rings (SSSR count). The molecule has 0 radical (unpaired) electrons. The molecule has 164 valence electrons. The highest BCUT2D eigenvalue weighted by Gasteiger charge is 2.29. The fourth-order valence-electron chi connectivity index (χ4n) is 4.05. The molecule has 30 heavy (non-hydrogen) atoms. The van der Waals surface area contributed by atoms with Crippen LogP contribution in [0, 0.1) is 5.92 Å². The van der Waals surface area contributed by atoms with Gasteiger partial charge in [0, 0.05) is 25.0 Å². The molecule has 8 nitrogen and oxygen atoms in total. The zero-order chi connectivity index (χ0) is 21.7. The second-order valence-electron chi connectivity index (χ2n) is 7.85. The molecule has 2 heterocycles. The number of nitrogens with one attached hydrogen (secondary N) is 1. The van der Waals surface area contributed by atoms with Gasteiger partial charge in [0.2, 0.25) is 5.91 Å². The molecule has 1 aromatic heterocycles. The standard InChI is InChI=1S/C22H32N4O4/c1-15(18-13-17(29-3)5-6-19(18)30-4)24-20(27)14-26-10-7-16(8-11-26)21(28)22-23-9-12-25(22)2/h5-6,9,12-13,15-16,21,28H,7-8,10-11,14H2,1-4H3,(H,24,27)/t15-,21+/m0/s1. The maximum Gasteiger partial charge on any atom is 0.234 e. The molecule has 1 fully saturated rings. The molecule has 0 aliphatic carbocycles. The van der Waals surface area contributed by atoms with Crippen LogP contribution in [0.15, 0.2) is 30.6 Å². The summed E-state index contributed by atoms with van der Waals surface area (Å²) in [5.41, 5.74) is 0.877. The second-order valence-corrected chi connectivity index (χ2v) is 7.85. The zero-order valence-corrected chi connectivity index (χ0v) is 18.2. The molecular formula is C22H32N4O4. The Balaban J connectivity index is 1.51. The predicted molar refractivity (Wildman–Crippen MR) is 113 cm³/mol. The lowest BCUT2D eigenvalue weighted by atomic mass is 9.90. The maximum absolute atomic E-state index is 12.6. The van der Waals surface area contributed by atoms with Crippen LogP contribution < -0.4 is 14.8 Å². The fraction of sp³-hybridized carbons (Fsp3) is 0.545. The highest BCUT2D eigenvalue weighted by Crippen LogP contribution is 2.30. The average Bonchev–Trinajstić information content (AvgIpc) is 3.18. The van der Waals surface area contributed by atoms with E-state index < -0.39 is 6.10 Å². The number of rotatable bonds is 8. The van der Waals surface area contributed by atoms with E-state index in [4.69, 9.17) is 9.47 Å². The summed E-state index contributed by atoms with van der Waals surface area (Å²) < 4.78 is 12.6. The number of carbonyl (C=O) groups is 1. The van der Waals surface area contributed by atoms with Gasteiger partial charge in [0.15, 0.2) is 0 Å². The minimum absolute atomic E-state index is 0.0320. The van der Waals surface area contributed by atoms with Crippen molar-refractivity contribution in [3.63, 3.8) is 0 Å². The van der Waals surface area contributed by atoms with Crippen LogP contribution in [0.25, 0.3) is 0 Å². The normalized spacial score (nSPS) is 17.4. The van der Waals surface area contributed by atoms with Gasteiger partial charge in [0.05, 0.1) is 26.8 Å². The van der Waals surface area contributed by atoms with Gasteiger partial charge in [-0.3, -0.25) is 9.69 Å². The Labute approximate surface area is 177 Å². The van der Waals surface area contributed by atoms with Gasteiger partial charge in [-0.05, 0) is 57.0 Å². The number of carbonyl (C=O) groups excluding carboxylic acids is 1. The van der Waals surface area contributed by atoms with Crippen LogP contribution in [0.2, 0.25) is 0 Å². The van der Waals surface area contributed by atoms with Crippen molar-refractivity contribution >= 4 is 5.91 Å². The third-order valence-electron chi connectivity index (χ3n) is 5.85. The number of hydrogen-bond acceptors (Lipinski definition) is 6. The third-order valence-corrected chi connectivity index (χ3v) is 5.85. The Morgan fingerprint density at radius 1 is 1.30 bits per heavy atom. The minimum Gasteiger partial charge on any atom is -0.497 e. The number of aliphatic hydroxyl groups excluding tert-OH is 1. The van der Waals surface area contributed by atoms with Gasteiger partial charge in [0.25, 0.3) is 0 Å². The number of imidazole rings is 1. The van der Waals surface area contributed by atoms with Crippen molar-refractivity contribution in [2.45, 2.75) is 31.9 Å². The molecular weight excluding hydrogens is 384 g/mol. The highest BCUT2D eigenvalue weighted by molar-refractivity contribution is 5.78. The molecule has 0 unspecified atom stereocenters. The minimum atomic E-state index is -0.568. The summed E-state index contributed by atoms with van der Waals surface area (Å²) >= 11 is 0. The number of piperidine rings is 1. The summed E-state index contributed by atoms with van der Waals surface area (Å²) in [4.78, 5) is 19.0. The molecule has 8 heteroatoms. The number of nitrogens with zero attached hydrogens (tertiary/aromatic N) is 3. The number of aliphatic hydroxyl groups is 1. The van der Waals surface area contributed by atoms with Crippen LogP contribution in [0.4, 0.5) is 0 Å². The van der Waals surface area contributed by atoms with Gasteiger partial charge in [-0.25, -0.2) is 4.98 Å². The van der Waals surface area contributed by atoms with Crippen LogP contribution in [0.1, 0.15) is 43.3 Å². The Morgan fingerprint density at radius 3 is 2.63 bits per heavy atom. The number of amides is 1. The number of aromatic nitrogens is 2. The fourth-order valence-corrected chi connectivity index (χ4v) is 4.05. The first-order valence-electron chi connectivity index (χ1n) is 10.3. The first-order valence-corrected chi connectivity index (χ1v) is 10.3. The van der Waals surface area contributed by atoms with E-state index in [1.807, 2.05) is 42.9 Å². The van der Waals surface area contributed by atoms with E-state index in [1.54, 1.807) is 20.4 Å². The van der Waals surface area contributed by atoms with Gasteiger partial charge in [-0.2, -0.15) is 0 Å². The van der Waals surface area contributed by atoms with Crippen LogP contribution in [0.5, 0.6) is 11.5 Å². The maximum atomic E-state index is 12.6. The number of likely N-dealkylation sites (tertiary alicyclic amines) is 1. The zero-order valence-electron chi connectivity index (χ0n) is 18.2. The molecule has 1 amide bonds. The number of aryl methyl sites for hydroxylation is 1. The van der Waals surface area contributed by atoms with Crippen molar-refractivity contribution < 1.29 is 19.4 Å². The van der Waals surface area contributed by atoms with Crippen molar-refractivity contribution in [1.82, 2.24) is 19.8 Å². The Hall–Kier alpha value is -2.58. The van der Waals surface area contributed by atoms with E-state index in [9.17, 15) is 9.90 Å². The second kappa shape index (κ2) is 9.95. The van der Waals surface area contributed by atoms with Crippen LogP contribution in [0.3, 0.4) is 0 Å². The molecule has 1 aromatic carbocycles. The molecule has 0 spiro atoms. The lowest BCUT2D eigenvalue weighted by molar-refractivity contribution is -0.123. The van der Waals surface area contributed by atoms with Crippen LogP contribution in [-0.2, 0) is 11.8 Å². The van der Waals surface area contributed by atoms with E-state index in [0.717, 1.165) is 37.2 Å². The van der Waals surface area contributed by atoms with Crippen molar-refractivity contribution in [2.24, 2.45) is 13.0 Å². The molecule has 2 N–H and O–H groups in total. The average molecular weight is 417 g/mol. The van der Waals surface area contributed by atoms with Gasteiger partial charge < -0.3 is 24.5 Å². The van der Waals surface area contributed by atoms with Gasteiger partial charge in [-0.1, -0.05) is 0 Å². The van der Waals surface area contributed by atoms with Crippen LogP contribution >= 0.6 is 0 Å². The van der Waals surface area contributed by atoms with Gasteiger partial charge in [0.1, 0.15) is 23.4 Å². The van der Waals surface area contributed by atoms with Gasteiger partial charge in [-0.15, -0.1) is 0 Å². The van der Waals surface area contributed by atoms with E-state index in [-0.39, 0.29) is 17.9 Å².